The summed E-state index contributed by atoms with van der Waals surface area (Å²) in [6.45, 7) is 3.79. The maximum atomic E-state index is 15.0. The zero-order chi connectivity index (χ0) is 37.8. The molecule has 1 saturated heterocycles. The summed E-state index contributed by atoms with van der Waals surface area (Å²) in [6, 6.07) is 5.45. The number of nitrogens with zero attached hydrogens (tertiary/aromatic N) is 8. The van der Waals surface area contributed by atoms with E-state index in [1.165, 1.54) is 21.9 Å². The van der Waals surface area contributed by atoms with Gasteiger partial charge in [-0.3, -0.25) is 14.4 Å². The number of piperazine rings is 1. The van der Waals surface area contributed by atoms with Crippen LogP contribution < -0.4 is 15.8 Å². The van der Waals surface area contributed by atoms with Crippen LogP contribution in [0.2, 0.25) is 5.02 Å². The number of rotatable bonds is 7. The van der Waals surface area contributed by atoms with Crippen LogP contribution in [0.3, 0.4) is 0 Å². The molecule has 2 amide bonds. The fraction of sp³-hybridized carbons (Fsp3) is 0.324. The van der Waals surface area contributed by atoms with Crippen LogP contribution in [-0.2, 0) is 41.9 Å². The van der Waals surface area contributed by atoms with E-state index >= 15 is 4.39 Å². The van der Waals surface area contributed by atoms with Gasteiger partial charge in [-0.25, -0.2) is 14.4 Å². The van der Waals surface area contributed by atoms with E-state index < -0.39 is 41.5 Å². The van der Waals surface area contributed by atoms with E-state index in [2.05, 4.69) is 25.4 Å². The van der Waals surface area contributed by atoms with E-state index in [9.17, 15) is 32.7 Å². The molecule has 7 rings (SSSR count). The third kappa shape index (κ3) is 6.63. The first kappa shape index (κ1) is 35.8. The second-order valence-electron chi connectivity index (χ2n) is 12.5. The molecule has 2 aromatic carbocycles. The molecule has 5 heterocycles. The molecule has 3 aromatic heterocycles. The van der Waals surface area contributed by atoms with Crippen LogP contribution in [0.1, 0.15) is 45.5 Å². The highest BCUT2D eigenvalue weighted by Gasteiger charge is 2.32. The van der Waals surface area contributed by atoms with E-state index in [-0.39, 0.29) is 96.5 Å². The monoisotopic (exact) mass is 755 g/mol. The third-order valence-corrected chi connectivity index (χ3v) is 9.49. The van der Waals surface area contributed by atoms with Gasteiger partial charge in [0.15, 0.2) is 17.3 Å². The fourth-order valence-electron chi connectivity index (χ4n) is 6.46. The number of nitrogens with one attached hydrogen (secondary N) is 1. The highest BCUT2D eigenvalue weighted by molar-refractivity contribution is 6.33. The Kier molecular flexibility index (Phi) is 9.27. The number of halogens is 5. The summed E-state index contributed by atoms with van der Waals surface area (Å²) in [4.78, 5) is 56.7. The highest BCUT2D eigenvalue weighted by Crippen LogP contribution is 2.34. The van der Waals surface area contributed by atoms with E-state index in [0.717, 1.165) is 16.6 Å². The number of anilines is 2. The van der Waals surface area contributed by atoms with Gasteiger partial charge in [0.25, 0.3) is 11.5 Å². The van der Waals surface area contributed by atoms with Gasteiger partial charge < -0.3 is 29.5 Å². The summed E-state index contributed by atoms with van der Waals surface area (Å²) in [5, 5.41) is 17.0. The van der Waals surface area contributed by atoms with Crippen LogP contribution in [0.25, 0.3) is 17.2 Å². The van der Waals surface area contributed by atoms with Crippen LogP contribution in [0.5, 0.6) is 5.75 Å². The number of amides is 2. The maximum absolute atomic E-state index is 15.0. The molecular formula is C34H30ClF4N9O5. The number of carbonyl (C=O) groups excluding carboxylic acids is 2. The van der Waals surface area contributed by atoms with Crippen molar-refractivity contribution < 1.29 is 37.0 Å². The largest absolute Gasteiger partial charge is 0.504 e. The van der Waals surface area contributed by atoms with Crippen LogP contribution in [0, 0.1) is 12.7 Å². The zero-order valence-electron chi connectivity index (χ0n) is 28.2. The average Bonchev–Trinajstić information content (AvgIpc) is 3.80. The fourth-order valence-corrected chi connectivity index (χ4v) is 6.69. The van der Waals surface area contributed by atoms with Crippen LogP contribution in [0.15, 0.2) is 41.5 Å². The van der Waals surface area contributed by atoms with Crippen LogP contribution in [0.4, 0.5) is 28.9 Å². The Morgan fingerprint density at radius 2 is 1.83 bits per heavy atom. The molecular weight excluding hydrogens is 726 g/mol. The molecule has 2 aliphatic heterocycles. The summed E-state index contributed by atoms with van der Waals surface area (Å²) in [6.07, 6.45) is -3.24. The van der Waals surface area contributed by atoms with Crippen molar-refractivity contribution in [1.29, 1.82) is 0 Å². The molecule has 276 valence electrons. The Labute approximate surface area is 302 Å². The minimum Gasteiger partial charge on any atom is -0.504 e. The minimum atomic E-state index is -4.64. The summed E-state index contributed by atoms with van der Waals surface area (Å²) in [7, 11) is 0. The number of fused-ring (bicyclic) bond motifs is 2. The third-order valence-electron chi connectivity index (χ3n) is 9.17. The van der Waals surface area contributed by atoms with E-state index in [0.29, 0.717) is 22.9 Å². The van der Waals surface area contributed by atoms with Gasteiger partial charge in [0, 0.05) is 37.3 Å². The second kappa shape index (κ2) is 13.7. The molecule has 0 radical (unpaired) electrons. The lowest BCUT2D eigenvalue weighted by molar-refractivity contribution is -0.137. The average molecular weight is 756 g/mol. The zero-order valence-corrected chi connectivity index (χ0v) is 28.9. The number of aryl methyl sites for hydroxylation is 1. The molecule has 0 aliphatic carbocycles. The number of benzene rings is 2. The molecule has 5 aromatic rings. The summed E-state index contributed by atoms with van der Waals surface area (Å²) < 4.78 is 62.6. The SMILES string of the molecule is CCc1c(N2CCN(C(=O)c3ncnc(C)c3O)CC2)c(=O)n2nc(-c3cc(F)c4c(c3)COC4)nc2n1CC(=O)Nc1ccc(C(F)(F)F)cc1Cl. The van der Waals surface area contributed by atoms with Crippen LogP contribution in [-0.4, -0.2) is 77.1 Å². The van der Waals surface area contributed by atoms with E-state index in [4.69, 9.17) is 16.3 Å². The van der Waals surface area contributed by atoms with E-state index in [1.54, 1.807) is 24.8 Å². The first-order valence-electron chi connectivity index (χ1n) is 16.4. The van der Waals surface area contributed by atoms with Crippen LogP contribution >= 0.6 is 11.6 Å². The van der Waals surface area contributed by atoms with Crippen molar-refractivity contribution in [3.05, 3.63) is 91.6 Å². The molecule has 53 heavy (non-hydrogen) atoms. The first-order valence-corrected chi connectivity index (χ1v) is 16.8. The van der Waals surface area contributed by atoms with Gasteiger partial charge >= 0.3 is 6.18 Å². The molecule has 0 saturated carbocycles. The van der Waals surface area contributed by atoms with Crippen molar-refractivity contribution in [1.82, 2.24) is 34.0 Å². The Bertz CT molecular complexity index is 2360. The predicted octanol–water partition coefficient (Wildman–Crippen LogP) is 4.37. The number of aromatic nitrogens is 6. The quantitative estimate of drug-likeness (QED) is 0.229. The molecule has 14 nitrogen and oxygen atoms in total. The summed E-state index contributed by atoms with van der Waals surface area (Å²) in [5.74, 6) is -2.09. The van der Waals surface area contributed by atoms with Crippen molar-refractivity contribution in [2.24, 2.45) is 0 Å². The maximum Gasteiger partial charge on any atom is 0.416 e. The lowest BCUT2D eigenvalue weighted by Crippen LogP contribution is -2.51. The molecule has 0 unspecified atom stereocenters. The number of aromatic hydroxyl groups is 1. The van der Waals surface area contributed by atoms with Gasteiger partial charge in [0.2, 0.25) is 11.7 Å². The normalized spacial score (nSPS) is 14.5. The van der Waals surface area contributed by atoms with Gasteiger partial charge in [0.05, 0.1) is 40.9 Å². The Balaban J connectivity index is 1.27. The molecule has 1 fully saturated rings. The number of hydrogen-bond acceptors (Lipinski definition) is 10. The van der Waals surface area contributed by atoms with Gasteiger partial charge in [-0.15, -0.1) is 5.10 Å². The molecule has 0 spiro atoms. The first-order chi connectivity index (χ1) is 25.2. The van der Waals surface area contributed by atoms with Gasteiger partial charge in [0.1, 0.15) is 24.4 Å². The van der Waals surface area contributed by atoms with E-state index in [1.807, 2.05) is 0 Å². The smallest absolute Gasteiger partial charge is 0.416 e. The summed E-state index contributed by atoms with van der Waals surface area (Å²) in [5.41, 5.74) is 0.322. The standard InChI is InChI=1S/C34H30ClF4N9O5/c1-3-25-28(45-6-8-46(9-7-45)31(51)27-29(50)17(2)40-16-41-27)32(52)48-33(43-30(44-48)18-10-19-14-53-15-21(19)23(36)11-18)47(25)13-26(49)42-24-5-4-20(12-22(24)35)34(37,38)39/h4-5,10-12,16,50H,3,6-9,13-15H2,1-2H3,(H,42,49). The number of ether oxygens (including phenoxy) is 1. The number of alkyl halides is 3. The lowest BCUT2D eigenvalue weighted by atomic mass is 10.1. The topological polar surface area (TPSA) is 160 Å². The van der Waals surface area contributed by atoms with Crippen molar-refractivity contribution in [3.63, 3.8) is 0 Å². The van der Waals surface area contributed by atoms with Crippen molar-refractivity contribution in [3.8, 4) is 17.1 Å². The van der Waals surface area contributed by atoms with Crippen molar-refractivity contribution in [2.45, 2.75) is 46.2 Å². The van der Waals surface area contributed by atoms with Crippen molar-refractivity contribution in [2.75, 3.05) is 36.4 Å². The molecule has 0 atom stereocenters. The number of carbonyl (C=O) groups is 2. The molecule has 2 N–H and O–H groups in total. The lowest BCUT2D eigenvalue weighted by Gasteiger charge is -2.36. The highest BCUT2D eigenvalue weighted by atomic mass is 35.5. The Morgan fingerprint density at radius 1 is 1.08 bits per heavy atom. The van der Waals surface area contributed by atoms with Gasteiger partial charge in [-0.2, -0.15) is 22.7 Å². The summed E-state index contributed by atoms with van der Waals surface area (Å²) >= 11 is 6.11. The molecule has 19 heteroatoms. The minimum absolute atomic E-state index is 0.00483. The molecule has 0 bridgehead atoms. The molecule has 2 aliphatic rings. The van der Waals surface area contributed by atoms with Gasteiger partial charge in [-0.05, 0) is 49.2 Å². The Hall–Kier alpha value is -5.62. The number of hydrogen-bond donors (Lipinski definition) is 2. The Morgan fingerprint density at radius 3 is 2.53 bits per heavy atom. The predicted molar refractivity (Wildman–Crippen MR) is 182 cm³/mol. The van der Waals surface area contributed by atoms with Crippen molar-refractivity contribution >= 4 is 40.6 Å². The van der Waals surface area contributed by atoms with Gasteiger partial charge in [-0.1, -0.05) is 18.5 Å². The second-order valence-corrected chi connectivity index (χ2v) is 12.9.